The van der Waals surface area contributed by atoms with Crippen molar-refractivity contribution >= 4 is 11.6 Å². The van der Waals surface area contributed by atoms with E-state index in [-0.39, 0.29) is 17.4 Å². The number of nitrogens with one attached hydrogen (secondary N) is 1. The van der Waals surface area contributed by atoms with Crippen molar-refractivity contribution in [3.05, 3.63) is 88.5 Å². The minimum absolute atomic E-state index is 0.0341. The second-order valence-electron chi connectivity index (χ2n) is 6.13. The topological polar surface area (TPSA) is 88.1 Å². The van der Waals surface area contributed by atoms with Gasteiger partial charge in [0.1, 0.15) is 17.4 Å². The maximum atomic E-state index is 13.0. The lowest BCUT2D eigenvalue weighted by Crippen LogP contribution is -2.27. The van der Waals surface area contributed by atoms with Gasteiger partial charge in [-0.05, 0) is 31.5 Å². The molecular weight excluding hydrogens is 326 g/mol. The van der Waals surface area contributed by atoms with Crippen LogP contribution >= 0.6 is 0 Å². The van der Waals surface area contributed by atoms with Gasteiger partial charge < -0.3 is 15.8 Å². The predicted octanol–water partition coefficient (Wildman–Crippen LogP) is 3.72. The SMILES string of the molecule is CC1=C(C(=O)Nc2ccccc2)[C@H](c2ccc(C)cc2)C(C#N)=C(N)O1. The van der Waals surface area contributed by atoms with Crippen LogP contribution in [0.15, 0.2) is 77.4 Å². The lowest BCUT2D eigenvalue weighted by Gasteiger charge is -2.27. The number of amides is 1. The van der Waals surface area contributed by atoms with Crippen molar-refractivity contribution in [1.29, 1.82) is 5.26 Å². The molecule has 0 saturated heterocycles. The van der Waals surface area contributed by atoms with Crippen LogP contribution in [0.3, 0.4) is 0 Å². The van der Waals surface area contributed by atoms with Gasteiger partial charge in [0, 0.05) is 5.69 Å². The Kier molecular flexibility index (Phi) is 4.76. The second kappa shape index (κ2) is 7.16. The van der Waals surface area contributed by atoms with Crippen LogP contribution in [0.1, 0.15) is 24.0 Å². The highest BCUT2D eigenvalue weighted by molar-refractivity contribution is 6.06. The number of para-hydroxylation sites is 1. The number of nitriles is 1. The first-order valence-electron chi connectivity index (χ1n) is 8.22. The molecule has 1 amide bonds. The number of hydrogen-bond donors (Lipinski definition) is 2. The van der Waals surface area contributed by atoms with Gasteiger partial charge in [0.25, 0.3) is 5.91 Å². The van der Waals surface area contributed by atoms with E-state index in [1.807, 2.05) is 49.4 Å². The standard InChI is InChI=1S/C21H19N3O2/c1-13-8-10-15(11-9-13)19-17(12-22)20(23)26-14(2)18(19)21(25)24-16-6-4-3-5-7-16/h3-11,19H,23H2,1-2H3,(H,24,25)/t19-/m1/s1. The van der Waals surface area contributed by atoms with E-state index in [4.69, 9.17) is 10.5 Å². The molecule has 130 valence electrons. The molecule has 1 aliphatic rings. The summed E-state index contributed by atoms with van der Waals surface area (Å²) >= 11 is 0. The molecular formula is C21H19N3O2. The number of benzene rings is 2. The van der Waals surface area contributed by atoms with E-state index in [1.165, 1.54) is 0 Å². The quantitative estimate of drug-likeness (QED) is 0.887. The number of hydrogen-bond acceptors (Lipinski definition) is 4. The first kappa shape index (κ1) is 17.3. The van der Waals surface area contributed by atoms with Crippen LogP contribution in [0.25, 0.3) is 0 Å². The van der Waals surface area contributed by atoms with E-state index in [0.717, 1.165) is 11.1 Å². The number of carbonyl (C=O) groups is 1. The van der Waals surface area contributed by atoms with E-state index in [2.05, 4.69) is 11.4 Å². The summed E-state index contributed by atoms with van der Waals surface area (Å²) in [6, 6.07) is 18.9. The third kappa shape index (κ3) is 3.31. The first-order valence-corrected chi connectivity index (χ1v) is 8.22. The number of nitrogens with two attached hydrogens (primary N) is 1. The zero-order chi connectivity index (χ0) is 18.7. The van der Waals surface area contributed by atoms with Crippen LogP contribution in [-0.2, 0) is 9.53 Å². The second-order valence-corrected chi connectivity index (χ2v) is 6.13. The first-order chi connectivity index (χ1) is 12.5. The third-order valence-electron chi connectivity index (χ3n) is 4.29. The molecule has 0 spiro atoms. The Hall–Kier alpha value is -3.52. The van der Waals surface area contributed by atoms with Gasteiger partial charge in [0.2, 0.25) is 5.88 Å². The molecule has 0 saturated carbocycles. The van der Waals surface area contributed by atoms with E-state index in [0.29, 0.717) is 17.0 Å². The number of nitrogens with zero attached hydrogens (tertiary/aromatic N) is 1. The van der Waals surface area contributed by atoms with Gasteiger partial charge >= 0.3 is 0 Å². The molecule has 0 radical (unpaired) electrons. The van der Waals surface area contributed by atoms with Crippen LogP contribution in [-0.4, -0.2) is 5.91 Å². The lowest BCUT2D eigenvalue weighted by atomic mass is 9.82. The summed E-state index contributed by atoms with van der Waals surface area (Å²) in [5, 5.41) is 12.5. The molecule has 0 bridgehead atoms. The van der Waals surface area contributed by atoms with E-state index in [9.17, 15) is 10.1 Å². The molecule has 3 rings (SSSR count). The Morgan fingerprint density at radius 2 is 1.77 bits per heavy atom. The average molecular weight is 345 g/mol. The maximum absolute atomic E-state index is 13.0. The van der Waals surface area contributed by atoms with Crippen molar-refractivity contribution in [3.8, 4) is 6.07 Å². The van der Waals surface area contributed by atoms with Crippen molar-refractivity contribution in [2.45, 2.75) is 19.8 Å². The fourth-order valence-electron chi connectivity index (χ4n) is 2.99. The van der Waals surface area contributed by atoms with E-state index < -0.39 is 5.92 Å². The zero-order valence-electron chi connectivity index (χ0n) is 14.6. The maximum Gasteiger partial charge on any atom is 0.255 e. The summed E-state index contributed by atoms with van der Waals surface area (Å²) in [6.07, 6.45) is 0. The van der Waals surface area contributed by atoms with Gasteiger partial charge in [-0.15, -0.1) is 0 Å². The van der Waals surface area contributed by atoms with Crippen LogP contribution in [0, 0.1) is 18.3 Å². The summed E-state index contributed by atoms with van der Waals surface area (Å²) in [5.41, 5.74) is 9.11. The highest BCUT2D eigenvalue weighted by Gasteiger charge is 2.35. The molecule has 5 heteroatoms. The van der Waals surface area contributed by atoms with E-state index in [1.54, 1.807) is 19.1 Å². The molecule has 0 aliphatic carbocycles. The molecule has 0 aromatic heterocycles. The third-order valence-corrected chi connectivity index (χ3v) is 4.29. The van der Waals surface area contributed by atoms with Crippen LogP contribution in [0.2, 0.25) is 0 Å². The van der Waals surface area contributed by atoms with Gasteiger partial charge in [-0.2, -0.15) is 5.26 Å². The molecule has 2 aromatic carbocycles. The lowest BCUT2D eigenvalue weighted by molar-refractivity contribution is -0.113. The Balaban J connectivity index is 2.05. The molecule has 26 heavy (non-hydrogen) atoms. The van der Waals surface area contributed by atoms with Gasteiger partial charge in [-0.25, -0.2) is 0 Å². The highest BCUT2D eigenvalue weighted by Crippen LogP contribution is 2.39. The van der Waals surface area contributed by atoms with Crippen molar-refractivity contribution in [1.82, 2.24) is 0 Å². The van der Waals surface area contributed by atoms with Crippen molar-refractivity contribution in [2.24, 2.45) is 5.73 Å². The molecule has 2 aromatic rings. The highest BCUT2D eigenvalue weighted by atomic mass is 16.5. The normalized spacial score (nSPS) is 16.7. The Bertz CT molecular complexity index is 935. The smallest absolute Gasteiger partial charge is 0.255 e. The van der Waals surface area contributed by atoms with Crippen LogP contribution in [0.4, 0.5) is 5.69 Å². The number of aryl methyl sites for hydroxylation is 1. The number of rotatable bonds is 3. The fraction of sp³-hybridized carbons (Fsp3) is 0.143. The number of allylic oxidation sites excluding steroid dienone is 2. The molecule has 1 heterocycles. The summed E-state index contributed by atoms with van der Waals surface area (Å²) < 4.78 is 5.49. The van der Waals surface area contributed by atoms with Crippen molar-refractivity contribution in [3.63, 3.8) is 0 Å². The molecule has 0 fully saturated rings. The van der Waals surface area contributed by atoms with Crippen LogP contribution in [0.5, 0.6) is 0 Å². The average Bonchev–Trinajstić information content (AvgIpc) is 2.62. The molecule has 1 atom stereocenters. The van der Waals surface area contributed by atoms with Crippen molar-refractivity contribution < 1.29 is 9.53 Å². The fourth-order valence-corrected chi connectivity index (χ4v) is 2.99. The monoisotopic (exact) mass is 345 g/mol. The Labute approximate surface area is 152 Å². The summed E-state index contributed by atoms with van der Waals surface area (Å²) in [6.45, 7) is 3.66. The van der Waals surface area contributed by atoms with Gasteiger partial charge in [-0.3, -0.25) is 4.79 Å². The number of anilines is 1. The van der Waals surface area contributed by atoms with Gasteiger partial charge in [-0.1, -0.05) is 48.0 Å². The molecule has 0 unspecified atom stereocenters. The number of carbonyl (C=O) groups excluding carboxylic acids is 1. The summed E-state index contributed by atoms with van der Waals surface area (Å²) in [4.78, 5) is 13.0. The van der Waals surface area contributed by atoms with Crippen LogP contribution < -0.4 is 11.1 Å². The Morgan fingerprint density at radius 1 is 1.12 bits per heavy atom. The molecule has 5 nitrogen and oxygen atoms in total. The zero-order valence-corrected chi connectivity index (χ0v) is 14.6. The van der Waals surface area contributed by atoms with Gasteiger partial charge in [0.15, 0.2) is 0 Å². The molecule has 3 N–H and O–H groups in total. The largest absolute Gasteiger partial charge is 0.445 e. The Morgan fingerprint density at radius 3 is 2.38 bits per heavy atom. The summed E-state index contributed by atoms with van der Waals surface area (Å²) in [5.74, 6) is -0.468. The summed E-state index contributed by atoms with van der Waals surface area (Å²) in [7, 11) is 0. The predicted molar refractivity (Wildman–Crippen MR) is 99.6 cm³/mol. The minimum Gasteiger partial charge on any atom is -0.445 e. The van der Waals surface area contributed by atoms with Gasteiger partial charge in [0.05, 0.1) is 11.5 Å². The molecule has 1 aliphatic heterocycles. The van der Waals surface area contributed by atoms with Crippen molar-refractivity contribution in [2.75, 3.05) is 5.32 Å². The number of ether oxygens (including phenoxy) is 1. The minimum atomic E-state index is -0.571. The van der Waals surface area contributed by atoms with E-state index >= 15 is 0 Å².